The molecule has 0 spiro atoms. The van der Waals surface area contributed by atoms with Crippen LogP contribution >= 0.6 is 0 Å². The standard InChI is InChI=1S/C31H31N5O6/c1-21-28(20-29(22-7-13-26(41-2)14-8-22)35(21)25-5-4-6-27(19-25)42-3)30(37)33-15-17-34(18-16-33)31(38)32-23-9-11-24(12-10-23)36(39)40/h4-14,19-20H,15-18H2,1-3H3,(H,32,38). The van der Waals surface area contributed by atoms with Gasteiger partial charge in [0.1, 0.15) is 11.5 Å². The van der Waals surface area contributed by atoms with Crippen LogP contribution in [-0.4, -0.2) is 71.6 Å². The van der Waals surface area contributed by atoms with Crippen molar-refractivity contribution < 1.29 is 24.0 Å². The molecule has 0 bridgehead atoms. The number of anilines is 1. The quantitative estimate of drug-likeness (QED) is 0.236. The molecule has 5 rings (SSSR count). The summed E-state index contributed by atoms with van der Waals surface area (Å²) in [4.78, 5) is 40.4. The number of non-ortho nitro benzene ring substituents is 1. The molecule has 1 fully saturated rings. The molecule has 42 heavy (non-hydrogen) atoms. The number of nitro benzene ring substituents is 1. The normalized spacial score (nSPS) is 13.0. The first-order chi connectivity index (χ1) is 20.3. The summed E-state index contributed by atoms with van der Waals surface area (Å²) in [5, 5.41) is 13.6. The van der Waals surface area contributed by atoms with E-state index in [1.54, 1.807) is 24.0 Å². The average molecular weight is 570 g/mol. The molecular weight excluding hydrogens is 538 g/mol. The van der Waals surface area contributed by atoms with Crippen LogP contribution in [0.3, 0.4) is 0 Å². The summed E-state index contributed by atoms with van der Waals surface area (Å²) in [6.45, 7) is 3.37. The Labute approximate surface area is 243 Å². The molecule has 2 heterocycles. The van der Waals surface area contributed by atoms with Gasteiger partial charge in [0.15, 0.2) is 0 Å². The number of nitrogens with zero attached hydrogens (tertiary/aromatic N) is 4. The fraction of sp³-hybridized carbons (Fsp3) is 0.226. The molecule has 1 N–H and O–H groups in total. The minimum atomic E-state index is -0.492. The van der Waals surface area contributed by atoms with Crippen molar-refractivity contribution >= 4 is 23.3 Å². The summed E-state index contributed by atoms with van der Waals surface area (Å²) in [6, 6.07) is 22.6. The zero-order valence-corrected chi connectivity index (χ0v) is 23.6. The van der Waals surface area contributed by atoms with Gasteiger partial charge in [-0.15, -0.1) is 0 Å². The van der Waals surface area contributed by atoms with Gasteiger partial charge in [0, 0.05) is 61.4 Å². The molecule has 0 unspecified atom stereocenters. The van der Waals surface area contributed by atoms with Crippen molar-refractivity contribution in [2.24, 2.45) is 0 Å². The van der Waals surface area contributed by atoms with E-state index >= 15 is 0 Å². The van der Waals surface area contributed by atoms with Gasteiger partial charge in [-0.1, -0.05) is 6.07 Å². The number of methoxy groups -OCH3 is 2. The molecular formula is C31H31N5O6. The third kappa shape index (κ3) is 5.75. The first-order valence-corrected chi connectivity index (χ1v) is 13.4. The number of ether oxygens (including phenoxy) is 2. The van der Waals surface area contributed by atoms with Crippen molar-refractivity contribution in [2.75, 3.05) is 45.7 Å². The molecule has 0 aliphatic carbocycles. The molecule has 1 aromatic heterocycles. The van der Waals surface area contributed by atoms with E-state index < -0.39 is 4.92 Å². The van der Waals surface area contributed by atoms with Crippen LogP contribution in [-0.2, 0) is 0 Å². The first-order valence-electron chi connectivity index (χ1n) is 13.4. The third-order valence-electron chi connectivity index (χ3n) is 7.36. The van der Waals surface area contributed by atoms with Gasteiger partial charge in [0.25, 0.3) is 11.6 Å². The molecule has 0 radical (unpaired) electrons. The van der Waals surface area contributed by atoms with E-state index in [1.807, 2.05) is 66.1 Å². The maximum atomic E-state index is 13.8. The van der Waals surface area contributed by atoms with Crippen LogP contribution in [0.25, 0.3) is 16.9 Å². The van der Waals surface area contributed by atoms with E-state index in [2.05, 4.69) is 5.32 Å². The minimum absolute atomic E-state index is 0.0502. The van der Waals surface area contributed by atoms with Crippen molar-refractivity contribution in [3.63, 3.8) is 0 Å². The van der Waals surface area contributed by atoms with E-state index in [1.165, 1.54) is 24.3 Å². The summed E-state index contributed by atoms with van der Waals surface area (Å²) >= 11 is 0. The van der Waals surface area contributed by atoms with Crippen molar-refractivity contribution in [1.29, 1.82) is 0 Å². The van der Waals surface area contributed by atoms with Gasteiger partial charge in [0.2, 0.25) is 0 Å². The van der Waals surface area contributed by atoms with E-state index in [0.29, 0.717) is 43.2 Å². The molecule has 0 atom stereocenters. The van der Waals surface area contributed by atoms with Crippen molar-refractivity contribution in [1.82, 2.24) is 14.4 Å². The highest BCUT2D eigenvalue weighted by molar-refractivity contribution is 5.98. The molecule has 1 saturated heterocycles. The number of carbonyl (C=O) groups is 2. The summed E-state index contributed by atoms with van der Waals surface area (Å²) in [5.74, 6) is 1.33. The van der Waals surface area contributed by atoms with Crippen LogP contribution in [0.4, 0.5) is 16.2 Å². The smallest absolute Gasteiger partial charge is 0.321 e. The maximum Gasteiger partial charge on any atom is 0.321 e. The largest absolute Gasteiger partial charge is 0.497 e. The number of carbonyl (C=O) groups excluding carboxylic acids is 2. The van der Waals surface area contributed by atoms with Crippen molar-refractivity contribution in [2.45, 2.75) is 6.92 Å². The Balaban J connectivity index is 1.35. The van der Waals surface area contributed by atoms with Gasteiger partial charge in [-0.2, -0.15) is 0 Å². The van der Waals surface area contributed by atoms with Gasteiger partial charge in [0.05, 0.1) is 30.4 Å². The fourth-order valence-electron chi connectivity index (χ4n) is 5.03. The number of nitro groups is 1. The molecule has 3 amide bonds. The number of hydrogen-bond donors (Lipinski definition) is 1. The lowest BCUT2D eigenvalue weighted by atomic mass is 10.1. The van der Waals surface area contributed by atoms with E-state index in [-0.39, 0.29) is 17.6 Å². The molecule has 0 saturated carbocycles. The lowest BCUT2D eigenvalue weighted by molar-refractivity contribution is -0.384. The highest BCUT2D eigenvalue weighted by atomic mass is 16.6. The summed E-state index contributed by atoms with van der Waals surface area (Å²) < 4.78 is 12.8. The Hall–Kier alpha value is -5.32. The lowest BCUT2D eigenvalue weighted by Gasteiger charge is -2.34. The number of aromatic nitrogens is 1. The molecule has 11 nitrogen and oxygen atoms in total. The van der Waals surface area contributed by atoms with Gasteiger partial charge in [-0.05, 0) is 67.1 Å². The second-order valence-corrected chi connectivity index (χ2v) is 9.81. The topological polar surface area (TPSA) is 119 Å². The van der Waals surface area contributed by atoms with Crippen LogP contribution in [0.5, 0.6) is 11.5 Å². The highest BCUT2D eigenvalue weighted by Crippen LogP contribution is 2.32. The van der Waals surface area contributed by atoms with E-state index in [4.69, 9.17) is 9.47 Å². The monoisotopic (exact) mass is 569 g/mol. The Morgan fingerprint density at radius 1 is 0.833 bits per heavy atom. The SMILES string of the molecule is COc1ccc(-c2cc(C(=O)N3CCN(C(=O)Nc4ccc([N+](=O)[O-])cc4)CC3)c(C)n2-c2cccc(OC)c2)cc1. The number of urea groups is 1. The van der Waals surface area contributed by atoms with Crippen LogP contribution in [0.1, 0.15) is 16.1 Å². The second kappa shape index (κ2) is 12.0. The Bertz CT molecular complexity index is 1610. The molecule has 216 valence electrons. The molecule has 1 aliphatic heterocycles. The van der Waals surface area contributed by atoms with Crippen LogP contribution in [0.2, 0.25) is 0 Å². The summed E-state index contributed by atoms with van der Waals surface area (Å²) in [5.41, 5.74) is 4.42. The average Bonchev–Trinajstić information content (AvgIpc) is 3.37. The van der Waals surface area contributed by atoms with Gasteiger partial charge in [-0.3, -0.25) is 14.9 Å². The van der Waals surface area contributed by atoms with Crippen LogP contribution in [0.15, 0.2) is 78.9 Å². The Morgan fingerprint density at radius 3 is 2.10 bits per heavy atom. The highest BCUT2D eigenvalue weighted by Gasteiger charge is 2.28. The van der Waals surface area contributed by atoms with Crippen molar-refractivity contribution in [3.05, 3.63) is 100 Å². The van der Waals surface area contributed by atoms with Gasteiger partial charge in [-0.25, -0.2) is 4.79 Å². The summed E-state index contributed by atoms with van der Waals surface area (Å²) in [7, 11) is 3.24. The number of piperazine rings is 1. The Kier molecular flexibility index (Phi) is 8.09. The lowest BCUT2D eigenvalue weighted by Crippen LogP contribution is -2.51. The third-order valence-corrected chi connectivity index (χ3v) is 7.36. The van der Waals surface area contributed by atoms with Crippen molar-refractivity contribution in [3.8, 4) is 28.4 Å². The number of amides is 3. The van der Waals surface area contributed by atoms with Gasteiger partial charge >= 0.3 is 6.03 Å². The number of rotatable bonds is 7. The number of hydrogen-bond acceptors (Lipinski definition) is 6. The maximum absolute atomic E-state index is 13.8. The zero-order chi connectivity index (χ0) is 29.8. The summed E-state index contributed by atoms with van der Waals surface area (Å²) in [6.07, 6.45) is 0. The minimum Gasteiger partial charge on any atom is -0.497 e. The van der Waals surface area contributed by atoms with Crippen LogP contribution in [0, 0.1) is 17.0 Å². The fourth-order valence-corrected chi connectivity index (χ4v) is 5.03. The molecule has 3 aromatic carbocycles. The van der Waals surface area contributed by atoms with Gasteiger partial charge < -0.3 is 29.2 Å². The zero-order valence-electron chi connectivity index (χ0n) is 23.6. The molecule has 1 aliphatic rings. The number of nitrogens with one attached hydrogen (secondary N) is 1. The predicted octanol–water partition coefficient (Wildman–Crippen LogP) is 5.37. The van der Waals surface area contributed by atoms with Crippen LogP contribution < -0.4 is 14.8 Å². The predicted molar refractivity (Wildman–Crippen MR) is 159 cm³/mol. The van der Waals surface area contributed by atoms with E-state index in [0.717, 1.165) is 28.4 Å². The first kappa shape index (κ1) is 28.2. The Morgan fingerprint density at radius 2 is 1.48 bits per heavy atom. The second-order valence-electron chi connectivity index (χ2n) is 9.81. The molecule has 11 heteroatoms. The van der Waals surface area contributed by atoms with E-state index in [9.17, 15) is 19.7 Å². The molecule has 4 aromatic rings. The number of benzene rings is 3.